The van der Waals surface area contributed by atoms with E-state index < -0.39 is 0 Å². The fourth-order valence-corrected chi connectivity index (χ4v) is 3.03. The maximum atomic E-state index is 12.4. The number of amides is 1. The molecule has 2 N–H and O–H groups in total. The fourth-order valence-electron chi connectivity index (χ4n) is 2.83. The molecule has 142 valence electrons. The number of benzene rings is 2. The second-order valence-corrected chi connectivity index (χ2v) is 6.65. The first-order valence-corrected chi connectivity index (χ1v) is 9.17. The Balaban J connectivity index is 1.37. The number of hydrogen-bond acceptors (Lipinski definition) is 5. The lowest BCUT2D eigenvalue weighted by atomic mass is 10.2. The van der Waals surface area contributed by atoms with Crippen LogP contribution in [0.5, 0.6) is 11.5 Å². The minimum absolute atomic E-state index is 0.253. The molecular formula is C21H18ClN3O3. The summed E-state index contributed by atoms with van der Waals surface area (Å²) in [5.41, 5.74) is 3.04. The Morgan fingerprint density at radius 1 is 1.04 bits per heavy atom. The minimum atomic E-state index is -0.258. The monoisotopic (exact) mass is 395 g/mol. The molecule has 1 aliphatic rings. The number of ether oxygens (including phenoxy) is 2. The highest BCUT2D eigenvalue weighted by molar-refractivity contribution is 6.31. The third kappa shape index (κ3) is 4.18. The second kappa shape index (κ2) is 8.19. The van der Waals surface area contributed by atoms with E-state index in [1.54, 1.807) is 18.3 Å². The highest BCUT2D eigenvalue weighted by Gasteiger charge is 2.13. The van der Waals surface area contributed by atoms with Crippen molar-refractivity contribution in [3.05, 3.63) is 82.6 Å². The SMILES string of the molecule is O=C(NCc1ccccc1Cl)c1cc(NCc2ccc3c(c2)OCO3)ccn1. The maximum Gasteiger partial charge on any atom is 0.270 e. The third-order valence-corrected chi connectivity index (χ3v) is 4.69. The van der Waals surface area contributed by atoms with Gasteiger partial charge in [-0.05, 0) is 41.5 Å². The molecule has 1 aliphatic heterocycles. The Bertz CT molecular complexity index is 1010. The van der Waals surface area contributed by atoms with Crippen molar-refractivity contribution < 1.29 is 14.3 Å². The Kier molecular flexibility index (Phi) is 5.30. The van der Waals surface area contributed by atoms with Crippen molar-refractivity contribution in [2.24, 2.45) is 0 Å². The summed E-state index contributed by atoms with van der Waals surface area (Å²) in [5.74, 6) is 1.24. The lowest BCUT2D eigenvalue weighted by molar-refractivity contribution is 0.0946. The highest BCUT2D eigenvalue weighted by Crippen LogP contribution is 2.32. The van der Waals surface area contributed by atoms with Crippen LogP contribution in [-0.2, 0) is 13.1 Å². The lowest BCUT2D eigenvalue weighted by Crippen LogP contribution is -2.24. The molecule has 3 aromatic rings. The smallest absolute Gasteiger partial charge is 0.270 e. The highest BCUT2D eigenvalue weighted by atomic mass is 35.5. The van der Waals surface area contributed by atoms with Crippen molar-refractivity contribution in [3.8, 4) is 11.5 Å². The van der Waals surface area contributed by atoms with E-state index in [0.717, 1.165) is 28.3 Å². The zero-order chi connectivity index (χ0) is 19.3. The zero-order valence-electron chi connectivity index (χ0n) is 14.9. The summed E-state index contributed by atoms with van der Waals surface area (Å²) in [7, 11) is 0. The van der Waals surface area contributed by atoms with Crippen LogP contribution in [0.15, 0.2) is 60.8 Å². The van der Waals surface area contributed by atoms with Gasteiger partial charge in [-0.1, -0.05) is 35.9 Å². The summed E-state index contributed by atoms with van der Waals surface area (Å²) in [5, 5.41) is 6.75. The van der Waals surface area contributed by atoms with Crippen molar-refractivity contribution in [1.29, 1.82) is 0 Å². The molecule has 4 rings (SSSR count). The van der Waals surface area contributed by atoms with Gasteiger partial charge in [0, 0.05) is 30.0 Å². The average Bonchev–Trinajstić information content (AvgIpc) is 3.19. The molecule has 0 saturated carbocycles. The van der Waals surface area contributed by atoms with Crippen LogP contribution in [0.25, 0.3) is 0 Å². The topological polar surface area (TPSA) is 72.5 Å². The predicted octanol–water partition coefficient (Wildman–Crippen LogP) is 4.01. The van der Waals surface area contributed by atoms with Gasteiger partial charge in [-0.2, -0.15) is 0 Å². The van der Waals surface area contributed by atoms with Gasteiger partial charge in [0.25, 0.3) is 5.91 Å². The van der Waals surface area contributed by atoms with Crippen LogP contribution in [0, 0.1) is 0 Å². The molecule has 0 fully saturated rings. The second-order valence-electron chi connectivity index (χ2n) is 6.25. The number of nitrogens with one attached hydrogen (secondary N) is 2. The number of carbonyl (C=O) groups is 1. The lowest BCUT2D eigenvalue weighted by Gasteiger charge is -2.10. The van der Waals surface area contributed by atoms with Gasteiger partial charge in [0.05, 0.1) is 0 Å². The van der Waals surface area contributed by atoms with Crippen LogP contribution >= 0.6 is 11.6 Å². The van der Waals surface area contributed by atoms with Gasteiger partial charge in [-0.15, -0.1) is 0 Å². The number of nitrogens with zero attached hydrogens (tertiary/aromatic N) is 1. The van der Waals surface area contributed by atoms with E-state index in [-0.39, 0.29) is 12.7 Å². The van der Waals surface area contributed by atoms with E-state index in [0.29, 0.717) is 23.8 Å². The van der Waals surface area contributed by atoms with Crippen molar-refractivity contribution in [1.82, 2.24) is 10.3 Å². The van der Waals surface area contributed by atoms with Gasteiger partial charge < -0.3 is 20.1 Å². The molecule has 28 heavy (non-hydrogen) atoms. The molecule has 7 heteroatoms. The number of halogens is 1. The van der Waals surface area contributed by atoms with Gasteiger partial charge in [-0.25, -0.2) is 0 Å². The molecule has 0 saturated heterocycles. The van der Waals surface area contributed by atoms with Crippen molar-refractivity contribution in [2.45, 2.75) is 13.1 Å². The van der Waals surface area contributed by atoms with Crippen molar-refractivity contribution >= 4 is 23.2 Å². The summed E-state index contributed by atoms with van der Waals surface area (Å²) in [6.45, 7) is 1.18. The number of carbonyl (C=O) groups excluding carboxylic acids is 1. The summed E-state index contributed by atoms with van der Waals surface area (Å²) >= 11 is 6.12. The third-order valence-electron chi connectivity index (χ3n) is 4.32. The molecule has 0 unspecified atom stereocenters. The Morgan fingerprint density at radius 3 is 2.79 bits per heavy atom. The summed E-state index contributed by atoms with van der Waals surface area (Å²) in [6.07, 6.45) is 1.60. The first-order chi connectivity index (χ1) is 13.7. The zero-order valence-corrected chi connectivity index (χ0v) is 15.7. The molecule has 1 amide bonds. The predicted molar refractivity (Wildman–Crippen MR) is 107 cm³/mol. The number of rotatable bonds is 6. The van der Waals surface area contributed by atoms with Crippen LogP contribution in [0.2, 0.25) is 5.02 Å². The molecular weight excluding hydrogens is 378 g/mol. The molecule has 2 heterocycles. The van der Waals surface area contributed by atoms with Crippen LogP contribution in [0.4, 0.5) is 5.69 Å². The summed E-state index contributed by atoms with van der Waals surface area (Å²) in [6, 6.07) is 16.7. The van der Waals surface area contributed by atoms with Crippen molar-refractivity contribution in [2.75, 3.05) is 12.1 Å². The fraction of sp³-hybridized carbons (Fsp3) is 0.143. The quantitative estimate of drug-likeness (QED) is 0.659. The number of hydrogen-bond donors (Lipinski definition) is 2. The van der Waals surface area contributed by atoms with Gasteiger partial charge in [0.2, 0.25) is 6.79 Å². The van der Waals surface area contributed by atoms with Crippen LogP contribution in [0.1, 0.15) is 21.6 Å². The first-order valence-electron chi connectivity index (χ1n) is 8.79. The molecule has 1 aromatic heterocycles. The van der Waals surface area contributed by atoms with E-state index in [2.05, 4.69) is 15.6 Å². The summed E-state index contributed by atoms with van der Waals surface area (Å²) < 4.78 is 10.7. The molecule has 0 atom stereocenters. The van der Waals surface area contributed by atoms with Gasteiger partial charge >= 0.3 is 0 Å². The van der Waals surface area contributed by atoms with Gasteiger partial charge in [0.1, 0.15) is 5.69 Å². The van der Waals surface area contributed by atoms with Gasteiger partial charge in [-0.3, -0.25) is 9.78 Å². The van der Waals surface area contributed by atoms with Crippen LogP contribution < -0.4 is 20.1 Å². The number of anilines is 1. The van der Waals surface area contributed by atoms with E-state index in [4.69, 9.17) is 21.1 Å². The van der Waals surface area contributed by atoms with Gasteiger partial charge in [0.15, 0.2) is 11.5 Å². The molecule has 0 spiro atoms. The Labute approximate surface area is 167 Å². The number of pyridine rings is 1. The maximum absolute atomic E-state index is 12.4. The van der Waals surface area contributed by atoms with Crippen molar-refractivity contribution in [3.63, 3.8) is 0 Å². The average molecular weight is 396 g/mol. The Morgan fingerprint density at radius 2 is 1.89 bits per heavy atom. The normalized spacial score (nSPS) is 11.9. The number of fused-ring (bicyclic) bond motifs is 1. The van der Waals surface area contributed by atoms with E-state index in [1.807, 2.05) is 42.5 Å². The molecule has 6 nitrogen and oxygen atoms in total. The minimum Gasteiger partial charge on any atom is -0.454 e. The van der Waals surface area contributed by atoms with Crippen LogP contribution in [-0.4, -0.2) is 17.7 Å². The van der Waals surface area contributed by atoms with Crippen LogP contribution in [0.3, 0.4) is 0 Å². The molecule has 0 aliphatic carbocycles. The van der Waals surface area contributed by atoms with E-state index in [1.165, 1.54) is 0 Å². The largest absolute Gasteiger partial charge is 0.454 e. The molecule has 0 radical (unpaired) electrons. The standard InChI is InChI=1S/C21H18ClN3O3/c22-17-4-2-1-3-15(17)12-25-21(26)18-10-16(7-8-23-18)24-11-14-5-6-19-20(9-14)28-13-27-19/h1-10H,11-13H2,(H,23,24)(H,25,26). The Hall–Kier alpha value is -3.25. The molecule has 0 bridgehead atoms. The first kappa shape index (κ1) is 18.1. The van der Waals surface area contributed by atoms with E-state index >= 15 is 0 Å². The number of aromatic nitrogens is 1. The summed E-state index contributed by atoms with van der Waals surface area (Å²) in [4.78, 5) is 16.6. The molecule has 2 aromatic carbocycles. The van der Waals surface area contributed by atoms with E-state index in [9.17, 15) is 4.79 Å².